The molecule has 1 atom stereocenters. The Balaban J connectivity index is 0.00000193. The molecule has 0 aromatic heterocycles. The highest BCUT2D eigenvalue weighted by molar-refractivity contribution is 7.80. The summed E-state index contributed by atoms with van der Waals surface area (Å²) in [6, 6.07) is 30.9. The number of benzene rings is 3. The highest BCUT2D eigenvalue weighted by Gasteiger charge is 2.36. The van der Waals surface area contributed by atoms with Gasteiger partial charge in [-0.25, -0.2) is 0 Å². The average Bonchev–Trinajstić information content (AvgIpc) is 3.23. The number of nitrogens with zero attached hydrogens (tertiary/aromatic N) is 2. The zero-order valence-electron chi connectivity index (χ0n) is 17.5. The van der Waals surface area contributed by atoms with E-state index in [1.165, 1.54) is 11.4 Å². The van der Waals surface area contributed by atoms with E-state index in [1.807, 2.05) is 42.5 Å². The number of rotatable bonds is 7. The predicted molar refractivity (Wildman–Crippen MR) is 140 cm³/mol. The smallest absolute Gasteiger partial charge is 0.248 e. The largest absolute Gasteiger partial charge is 0.360 e. The Kier molecular flexibility index (Phi) is 7.36. The number of thiocarbonyl (C=S) groups is 1. The van der Waals surface area contributed by atoms with Crippen LogP contribution < -0.4 is 20.0 Å². The first-order valence-electron chi connectivity index (χ1n) is 10.4. The van der Waals surface area contributed by atoms with Crippen molar-refractivity contribution in [2.45, 2.75) is 13.0 Å². The minimum absolute atomic E-state index is 0. The Hall–Kier alpha value is -2.66. The van der Waals surface area contributed by atoms with Crippen LogP contribution in [-0.4, -0.2) is 30.9 Å². The molecule has 0 unspecified atom stereocenters. The third-order valence-corrected chi connectivity index (χ3v) is 7.38. The van der Waals surface area contributed by atoms with Crippen LogP contribution in [0, 0.1) is 0 Å². The standard InChI is InChI=1S/C24H27N4OPS.2H2/c1-20(19-25-24(31)26-21-11-5-2-6-12-21)29-30-27(22-13-7-3-8-14-22)17-18-28(30)23-15-9-4-10-16-23;;/h2-16,20H,17-19H2,1H3,(H2,25,26,31);2*1H/t20-;;/m1../s1. The molecule has 0 spiro atoms. The summed E-state index contributed by atoms with van der Waals surface area (Å²) in [5.74, 6) is 0. The van der Waals surface area contributed by atoms with Crippen LogP contribution in [0.25, 0.3) is 0 Å². The van der Waals surface area contributed by atoms with Crippen molar-refractivity contribution in [2.24, 2.45) is 0 Å². The molecule has 0 aliphatic carbocycles. The lowest BCUT2D eigenvalue weighted by Gasteiger charge is -2.33. The number of hydrogen-bond acceptors (Lipinski definition) is 4. The van der Waals surface area contributed by atoms with Crippen molar-refractivity contribution in [3.8, 4) is 0 Å². The first-order valence-corrected chi connectivity index (χ1v) is 12.0. The van der Waals surface area contributed by atoms with Gasteiger partial charge < -0.3 is 24.5 Å². The van der Waals surface area contributed by atoms with Crippen molar-refractivity contribution in [2.75, 3.05) is 34.3 Å². The van der Waals surface area contributed by atoms with E-state index in [-0.39, 0.29) is 8.96 Å². The Morgan fingerprint density at radius 3 is 1.90 bits per heavy atom. The normalized spacial score (nSPS) is 15.0. The fourth-order valence-electron chi connectivity index (χ4n) is 3.39. The molecule has 0 radical (unpaired) electrons. The van der Waals surface area contributed by atoms with Crippen LogP contribution in [0.1, 0.15) is 9.78 Å². The van der Waals surface area contributed by atoms with Crippen LogP contribution in [0.3, 0.4) is 0 Å². The summed E-state index contributed by atoms with van der Waals surface area (Å²) in [4.78, 5) is 0. The lowest BCUT2D eigenvalue weighted by atomic mass is 10.3. The van der Waals surface area contributed by atoms with Gasteiger partial charge >= 0.3 is 0 Å². The van der Waals surface area contributed by atoms with E-state index in [9.17, 15) is 0 Å². The number of para-hydroxylation sites is 3. The first-order chi connectivity index (χ1) is 15.2. The molecule has 1 aliphatic rings. The third kappa shape index (κ3) is 5.73. The molecule has 31 heavy (non-hydrogen) atoms. The second-order valence-corrected chi connectivity index (χ2v) is 9.38. The molecule has 4 rings (SSSR count). The van der Waals surface area contributed by atoms with Crippen molar-refractivity contribution in [1.82, 2.24) is 5.32 Å². The second kappa shape index (κ2) is 10.6. The summed E-state index contributed by atoms with van der Waals surface area (Å²) in [6.07, 6.45) is -0.0165. The molecule has 1 saturated heterocycles. The minimum Gasteiger partial charge on any atom is -0.360 e. The van der Waals surface area contributed by atoms with Gasteiger partial charge in [-0.2, -0.15) is 0 Å². The topological polar surface area (TPSA) is 39.8 Å². The molecule has 1 fully saturated rings. The SMILES string of the molecule is C[C@H](CNC(=S)Nc1ccccc1)OP1N(c2ccccc2)CCN1c1ccccc1.[HH].[HH]. The van der Waals surface area contributed by atoms with E-state index in [4.69, 9.17) is 16.7 Å². The van der Waals surface area contributed by atoms with Gasteiger partial charge in [0.1, 0.15) is 0 Å². The predicted octanol–water partition coefficient (Wildman–Crippen LogP) is 6.12. The van der Waals surface area contributed by atoms with Crippen molar-refractivity contribution >= 4 is 42.8 Å². The monoisotopic (exact) mass is 454 g/mol. The maximum absolute atomic E-state index is 6.61. The summed E-state index contributed by atoms with van der Waals surface area (Å²) in [5.41, 5.74) is 3.35. The van der Waals surface area contributed by atoms with Gasteiger partial charge in [0.25, 0.3) is 0 Å². The highest BCUT2D eigenvalue weighted by Crippen LogP contribution is 2.54. The Bertz CT molecular complexity index is 924. The van der Waals surface area contributed by atoms with Crippen molar-refractivity contribution in [3.63, 3.8) is 0 Å². The van der Waals surface area contributed by atoms with E-state index >= 15 is 0 Å². The lowest BCUT2D eigenvalue weighted by Crippen LogP contribution is -2.35. The molecule has 5 nitrogen and oxygen atoms in total. The maximum Gasteiger partial charge on any atom is 0.248 e. The van der Waals surface area contributed by atoms with Crippen LogP contribution in [0.15, 0.2) is 91.0 Å². The van der Waals surface area contributed by atoms with Crippen molar-refractivity contribution < 1.29 is 7.38 Å². The molecule has 3 aromatic rings. The van der Waals surface area contributed by atoms with Crippen molar-refractivity contribution in [3.05, 3.63) is 91.0 Å². The molecule has 3 aromatic carbocycles. The van der Waals surface area contributed by atoms with E-state index in [1.54, 1.807) is 0 Å². The van der Waals surface area contributed by atoms with E-state index in [0.29, 0.717) is 11.7 Å². The molecule has 164 valence electrons. The Labute approximate surface area is 193 Å². The maximum atomic E-state index is 6.61. The number of nitrogens with one attached hydrogen (secondary N) is 2. The van der Waals surface area contributed by atoms with Crippen LogP contribution in [0.2, 0.25) is 0 Å². The summed E-state index contributed by atoms with van der Waals surface area (Å²) in [7, 11) is -0.980. The molecular weight excluding hydrogens is 423 g/mol. The molecule has 1 heterocycles. The van der Waals surface area contributed by atoms with Crippen LogP contribution >= 0.6 is 20.7 Å². The molecule has 0 amide bonds. The molecule has 0 bridgehead atoms. The fraction of sp³-hybridized carbons (Fsp3) is 0.208. The molecule has 7 heteroatoms. The summed E-state index contributed by atoms with van der Waals surface area (Å²) in [6.45, 7) is 4.57. The lowest BCUT2D eigenvalue weighted by molar-refractivity contribution is 0.250. The van der Waals surface area contributed by atoms with Gasteiger partial charge in [0.05, 0.1) is 6.10 Å². The fourth-order valence-corrected chi connectivity index (χ4v) is 5.66. The van der Waals surface area contributed by atoms with Crippen LogP contribution in [0.5, 0.6) is 0 Å². The summed E-state index contributed by atoms with van der Waals surface area (Å²) in [5, 5.41) is 7.09. The quantitative estimate of drug-likeness (QED) is 0.331. The van der Waals surface area contributed by atoms with E-state index in [0.717, 1.165) is 18.8 Å². The van der Waals surface area contributed by atoms with Gasteiger partial charge in [-0.15, -0.1) is 0 Å². The summed E-state index contributed by atoms with van der Waals surface area (Å²) >= 11 is 5.44. The Morgan fingerprint density at radius 1 is 0.903 bits per heavy atom. The molecule has 0 saturated carbocycles. The molecule has 2 N–H and O–H groups in total. The van der Waals surface area contributed by atoms with E-state index in [2.05, 4.69) is 75.4 Å². The van der Waals surface area contributed by atoms with Crippen LogP contribution in [-0.2, 0) is 4.52 Å². The first kappa shape index (κ1) is 21.6. The minimum atomic E-state index is -0.980. The number of hydrogen-bond donors (Lipinski definition) is 2. The highest BCUT2D eigenvalue weighted by atomic mass is 32.1. The van der Waals surface area contributed by atoms with Gasteiger partial charge in [-0.05, 0) is 55.5 Å². The number of anilines is 3. The average molecular weight is 455 g/mol. The third-order valence-electron chi connectivity index (χ3n) is 4.90. The van der Waals surface area contributed by atoms with Gasteiger partial charge in [-0.3, -0.25) is 0 Å². The zero-order chi connectivity index (χ0) is 21.5. The molecular formula is C24H31N4OPS. The van der Waals surface area contributed by atoms with Gasteiger partial charge in [0.2, 0.25) is 8.45 Å². The van der Waals surface area contributed by atoms with Crippen molar-refractivity contribution in [1.29, 1.82) is 0 Å². The van der Waals surface area contributed by atoms with Crippen LogP contribution in [0.4, 0.5) is 17.1 Å². The second-order valence-electron chi connectivity index (χ2n) is 7.29. The van der Waals surface area contributed by atoms with Gasteiger partial charge in [0, 0.05) is 39.5 Å². The zero-order valence-corrected chi connectivity index (χ0v) is 19.2. The van der Waals surface area contributed by atoms with Gasteiger partial charge in [-0.1, -0.05) is 54.6 Å². The van der Waals surface area contributed by atoms with E-state index < -0.39 is 8.45 Å². The molecule has 1 aliphatic heterocycles. The van der Waals surface area contributed by atoms with Gasteiger partial charge in [0.15, 0.2) is 5.11 Å². The Morgan fingerprint density at radius 2 is 1.39 bits per heavy atom. The summed E-state index contributed by atoms with van der Waals surface area (Å²) < 4.78 is 11.4.